The lowest BCUT2D eigenvalue weighted by Gasteiger charge is -2.25. The van der Waals surface area contributed by atoms with Crippen LogP contribution < -0.4 is 15.8 Å². The van der Waals surface area contributed by atoms with Gasteiger partial charge >= 0.3 is 0 Å². The zero-order chi connectivity index (χ0) is 20.4. The average molecular weight is 413 g/mol. The lowest BCUT2D eigenvalue weighted by Crippen LogP contribution is -2.36. The molecule has 1 aromatic carbocycles. The molecule has 1 N–H and O–H groups in total. The average Bonchev–Trinajstić information content (AvgIpc) is 3.16. The summed E-state index contributed by atoms with van der Waals surface area (Å²) in [4.78, 5) is 47.2. The molecule has 4 rings (SSSR count). The van der Waals surface area contributed by atoms with Gasteiger partial charge in [0.2, 0.25) is 5.91 Å². The van der Waals surface area contributed by atoms with E-state index in [1.807, 2.05) is 0 Å². The minimum absolute atomic E-state index is 0.0465. The lowest BCUT2D eigenvalue weighted by molar-refractivity contribution is -0.116. The van der Waals surface area contributed by atoms with Crippen LogP contribution in [0.4, 0.5) is 10.8 Å². The number of ether oxygens (including phenoxy) is 1. The Balaban J connectivity index is 1.49. The number of nitrogens with one attached hydrogen (secondary N) is 1. The number of nitrogens with zero attached hydrogens (tertiary/aromatic N) is 4. The fourth-order valence-corrected chi connectivity index (χ4v) is 4.00. The first-order valence-corrected chi connectivity index (χ1v) is 9.92. The van der Waals surface area contributed by atoms with Crippen molar-refractivity contribution in [2.24, 2.45) is 0 Å². The van der Waals surface area contributed by atoms with E-state index < -0.39 is 0 Å². The number of aromatic nitrogens is 3. The van der Waals surface area contributed by atoms with Crippen molar-refractivity contribution in [3.8, 4) is 0 Å². The molecule has 1 amide bonds. The Morgan fingerprint density at radius 2 is 1.93 bits per heavy atom. The highest BCUT2D eigenvalue weighted by molar-refractivity contribution is 7.22. The SMILES string of the molecule is CC(=O)c1ccc(NC(=O)Cn2cnc3nc(N4CCOCC4)sc3c2=O)cc1. The molecule has 1 aliphatic heterocycles. The summed E-state index contributed by atoms with van der Waals surface area (Å²) < 4.78 is 7.03. The van der Waals surface area contributed by atoms with E-state index in [-0.39, 0.29) is 23.8 Å². The molecule has 150 valence electrons. The van der Waals surface area contributed by atoms with E-state index >= 15 is 0 Å². The normalized spacial score (nSPS) is 14.2. The lowest BCUT2D eigenvalue weighted by atomic mass is 10.1. The Morgan fingerprint density at radius 3 is 2.62 bits per heavy atom. The molecule has 10 heteroatoms. The number of anilines is 2. The number of fused-ring (bicyclic) bond motifs is 1. The molecule has 0 bridgehead atoms. The molecule has 3 aromatic rings. The Morgan fingerprint density at radius 1 is 1.21 bits per heavy atom. The number of hydrogen-bond acceptors (Lipinski definition) is 8. The smallest absolute Gasteiger partial charge is 0.273 e. The molecule has 0 atom stereocenters. The fraction of sp³-hybridized carbons (Fsp3) is 0.316. The van der Waals surface area contributed by atoms with Crippen molar-refractivity contribution < 1.29 is 14.3 Å². The van der Waals surface area contributed by atoms with Crippen molar-refractivity contribution in [2.75, 3.05) is 36.5 Å². The van der Waals surface area contributed by atoms with Crippen molar-refractivity contribution in [1.82, 2.24) is 14.5 Å². The summed E-state index contributed by atoms with van der Waals surface area (Å²) in [5, 5.41) is 3.45. The summed E-state index contributed by atoms with van der Waals surface area (Å²) >= 11 is 1.28. The summed E-state index contributed by atoms with van der Waals surface area (Å²) in [5.74, 6) is -0.406. The van der Waals surface area contributed by atoms with E-state index in [1.54, 1.807) is 24.3 Å². The molecule has 2 aromatic heterocycles. The summed E-state index contributed by atoms with van der Waals surface area (Å²) in [6.45, 7) is 4.01. The van der Waals surface area contributed by atoms with Gasteiger partial charge in [-0.1, -0.05) is 11.3 Å². The third kappa shape index (κ3) is 4.17. The predicted octanol–water partition coefficient (Wildman–Crippen LogP) is 1.53. The van der Waals surface area contributed by atoms with E-state index in [9.17, 15) is 14.4 Å². The Labute approximate surface area is 170 Å². The van der Waals surface area contributed by atoms with Crippen LogP contribution in [0.1, 0.15) is 17.3 Å². The molecule has 0 aliphatic carbocycles. The van der Waals surface area contributed by atoms with Gasteiger partial charge < -0.3 is 15.0 Å². The number of carbonyl (C=O) groups excluding carboxylic acids is 2. The number of rotatable bonds is 5. The number of morpholine rings is 1. The Kier molecular flexibility index (Phi) is 5.36. The topological polar surface area (TPSA) is 106 Å². The van der Waals surface area contributed by atoms with Gasteiger partial charge in [0.05, 0.1) is 13.2 Å². The van der Waals surface area contributed by atoms with Gasteiger partial charge in [-0.3, -0.25) is 19.0 Å². The molecule has 0 spiro atoms. The summed E-state index contributed by atoms with van der Waals surface area (Å²) in [7, 11) is 0. The molecule has 29 heavy (non-hydrogen) atoms. The first kappa shape index (κ1) is 19.2. The second-order valence-corrected chi connectivity index (χ2v) is 7.59. The number of carbonyl (C=O) groups is 2. The minimum Gasteiger partial charge on any atom is -0.378 e. The van der Waals surface area contributed by atoms with E-state index in [1.165, 1.54) is 29.2 Å². The summed E-state index contributed by atoms with van der Waals surface area (Å²) in [6, 6.07) is 6.58. The quantitative estimate of drug-likeness (QED) is 0.632. The van der Waals surface area contributed by atoms with Gasteiger partial charge in [-0.15, -0.1) is 0 Å². The molecule has 1 aliphatic rings. The van der Waals surface area contributed by atoms with Gasteiger partial charge in [0, 0.05) is 24.3 Å². The van der Waals surface area contributed by atoms with E-state index in [0.717, 1.165) is 18.2 Å². The van der Waals surface area contributed by atoms with Crippen molar-refractivity contribution >= 4 is 44.2 Å². The Hall–Kier alpha value is -3.11. The molecule has 0 radical (unpaired) electrons. The molecule has 1 saturated heterocycles. The molecule has 0 unspecified atom stereocenters. The van der Waals surface area contributed by atoms with Crippen molar-refractivity contribution in [2.45, 2.75) is 13.5 Å². The first-order valence-electron chi connectivity index (χ1n) is 9.11. The van der Waals surface area contributed by atoms with Crippen LogP contribution in [0, 0.1) is 0 Å². The molecule has 0 saturated carbocycles. The van der Waals surface area contributed by atoms with Gasteiger partial charge in [-0.2, -0.15) is 4.98 Å². The summed E-state index contributed by atoms with van der Waals surface area (Å²) in [5.41, 5.74) is 1.21. The zero-order valence-corrected chi connectivity index (χ0v) is 16.6. The van der Waals surface area contributed by atoms with E-state index in [0.29, 0.717) is 34.8 Å². The minimum atomic E-state index is -0.359. The zero-order valence-electron chi connectivity index (χ0n) is 15.8. The maximum absolute atomic E-state index is 12.8. The first-order chi connectivity index (χ1) is 14.0. The second kappa shape index (κ2) is 8.10. The van der Waals surface area contributed by atoms with Crippen LogP contribution in [0.25, 0.3) is 10.3 Å². The molecular weight excluding hydrogens is 394 g/mol. The third-order valence-electron chi connectivity index (χ3n) is 4.54. The molecule has 3 heterocycles. The fourth-order valence-electron chi connectivity index (χ4n) is 2.98. The van der Waals surface area contributed by atoms with Gasteiger partial charge in [-0.05, 0) is 31.2 Å². The predicted molar refractivity (Wildman–Crippen MR) is 110 cm³/mol. The number of amides is 1. The summed E-state index contributed by atoms with van der Waals surface area (Å²) in [6.07, 6.45) is 1.34. The maximum atomic E-state index is 12.8. The van der Waals surface area contributed by atoms with Crippen molar-refractivity contribution in [1.29, 1.82) is 0 Å². The van der Waals surface area contributed by atoms with Gasteiger partial charge in [0.25, 0.3) is 5.56 Å². The highest BCUT2D eigenvalue weighted by atomic mass is 32.1. The van der Waals surface area contributed by atoms with Crippen LogP contribution in [0.3, 0.4) is 0 Å². The number of benzene rings is 1. The van der Waals surface area contributed by atoms with Gasteiger partial charge in [-0.25, -0.2) is 4.98 Å². The largest absolute Gasteiger partial charge is 0.378 e. The van der Waals surface area contributed by atoms with Crippen molar-refractivity contribution in [3.63, 3.8) is 0 Å². The standard InChI is InChI=1S/C19H19N5O4S/c1-12(25)13-2-4-14(5-3-13)21-15(26)10-24-11-20-17-16(18(24)27)29-19(22-17)23-6-8-28-9-7-23/h2-5,11H,6-10H2,1H3,(H,21,26). The van der Waals surface area contributed by atoms with Crippen LogP contribution in [0.5, 0.6) is 0 Å². The van der Waals surface area contributed by atoms with Crippen LogP contribution in [-0.4, -0.2) is 52.5 Å². The maximum Gasteiger partial charge on any atom is 0.273 e. The monoisotopic (exact) mass is 413 g/mol. The molecule has 9 nitrogen and oxygen atoms in total. The highest BCUT2D eigenvalue weighted by Gasteiger charge is 2.18. The number of ketones is 1. The van der Waals surface area contributed by atoms with Crippen LogP contribution in [0.15, 0.2) is 35.4 Å². The number of thiazole rings is 1. The Bertz CT molecular complexity index is 1120. The van der Waals surface area contributed by atoms with E-state index in [2.05, 4.69) is 20.2 Å². The van der Waals surface area contributed by atoms with Gasteiger partial charge in [0.1, 0.15) is 17.6 Å². The van der Waals surface area contributed by atoms with Crippen LogP contribution >= 0.6 is 11.3 Å². The molecule has 1 fully saturated rings. The van der Waals surface area contributed by atoms with Crippen molar-refractivity contribution in [3.05, 3.63) is 46.5 Å². The van der Waals surface area contributed by atoms with Crippen LogP contribution in [-0.2, 0) is 16.1 Å². The number of hydrogen-bond donors (Lipinski definition) is 1. The van der Waals surface area contributed by atoms with E-state index in [4.69, 9.17) is 4.74 Å². The molecular formula is C19H19N5O4S. The van der Waals surface area contributed by atoms with Crippen LogP contribution in [0.2, 0.25) is 0 Å². The highest BCUT2D eigenvalue weighted by Crippen LogP contribution is 2.25. The second-order valence-electron chi connectivity index (χ2n) is 6.61. The third-order valence-corrected chi connectivity index (χ3v) is 5.64. The van der Waals surface area contributed by atoms with Gasteiger partial charge in [0.15, 0.2) is 16.6 Å². The number of Topliss-reactive ketones (excluding diaryl/α,β-unsaturated/α-hetero) is 1.